The summed E-state index contributed by atoms with van der Waals surface area (Å²) in [4.78, 5) is 42.4. The van der Waals surface area contributed by atoms with Crippen molar-refractivity contribution < 1.29 is 14.4 Å². The topological polar surface area (TPSA) is 97.2 Å². The van der Waals surface area contributed by atoms with E-state index >= 15 is 0 Å². The number of benzene rings is 1. The molecule has 8 heteroatoms. The molecule has 1 N–H and O–H groups in total. The number of aromatic nitrogens is 3. The van der Waals surface area contributed by atoms with Crippen LogP contribution in [-0.4, -0.2) is 50.5 Å². The monoisotopic (exact) mass is 403 g/mol. The van der Waals surface area contributed by atoms with Gasteiger partial charge in [-0.1, -0.05) is 18.2 Å². The Kier molecular flexibility index (Phi) is 5.14. The number of nitrogens with zero attached hydrogens (tertiary/aromatic N) is 4. The molecule has 0 saturated heterocycles. The maximum Gasteiger partial charge on any atom is 0.262 e. The molecule has 3 amide bonds. The molecule has 0 unspecified atom stereocenters. The third kappa shape index (κ3) is 3.47. The number of imide groups is 1. The van der Waals surface area contributed by atoms with Gasteiger partial charge in [0.05, 0.1) is 16.8 Å². The van der Waals surface area contributed by atoms with Gasteiger partial charge in [0.15, 0.2) is 5.82 Å². The van der Waals surface area contributed by atoms with Crippen molar-refractivity contribution >= 4 is 17.7 Å². The Bertz CT molecular complexity index is 1100. The van der Waals surface area contributed by atoms with Crippen LogP contribution in [0, 0.1) is 13.8 Å². The summed E-state index contributed by atoms with van der Waals surface area (Å²) < 4.78 is 1.78. The summed E-state index contributed by atoms with van der Waals surface area (Å²) in [5, 5.41) is 7.34. The molecule has 0 atom stereocenters. The summed E-state index contributed by atoms with van der Waals surface area (Å²) in [5.41, 5.74) is 3.53. The van der Waals surface area contributed by atoms with Crippen LogP contribution in [0.1, 0.15) is 37.7 Å². The van der Waals surface area contributed by atoms with Crippen LogP contribution in [0.5, 0.6) is 0 Å². The van der Waals surface area contributed by atoms with Crippen LogP contribution in [0.25, 0.3) is 5.82 Å². The second kappa shape index (κ2) is 7.90. The zero-order valence-electron chi connectivity index (χ0n) is 16.8. The molecule has 0 aliphatic carbocycles. The predicted molar refractivity (Wildman–Crippen MR) is 109 cm³/mol. The SMILES string of the molecule is Cc1nn(-c2ccccn2)c(C)c1CCNC(=O)CN1C(=O)c2ccccc2C1=O. The minimum Gasteiger partial charge on any atom is -0.354 e. The lowest BCUT2D eigenvalue weighted by Gasteiger charge is -2.13. The van der Waals surface area contributed by atoms with Gasteiger partial charge in [-0.3, -0.25) is 19.3 Å². The van der Waals surface area contributed by atoms with Gasteiger partial charge in [-0.05, 0) is 50.1 Å². The lowest BCUT2D eigenvalue weighted by Crippen LogP contribution is -2.40. The van der Waals surface area contributed by atoms with Crippen molar-refractivity contribution in [3.63, 3.8) is 0 Å². The third-order valence-electron chi connectivity index (χ3n) is 5.18. The van der Waals surface area contributed by atoms with Gasteiger partial charge in [0.1, 0.15) is 6.54 Å². The molecule has 2 aromatic heterocycles. The first-order valence-electron chi connectivity index (χ1n) is 9.66. The molecule has 0 fully saturated rings. The largest absolute Gasteiger partial charge is 0.354 e. The smallest absolute Gasteiger partial charge is 0.262 e. The molecule has 1 aliphatic rings. The Morgan fingerprint density at radius 3 is 2.30 bits per heavy atom. The Hall–Kier alpha value is -3.81. The minimum absolute atomic E-state index is 0.294. The summed E-state index contributed by atoms with van der Waals surface area (Å²) in [5.74, 6) is -0.515. The van der Waals surface area contributed by atoms with E-state index in [1.165, 1.54) is 0 Å². The van der Waals surface area contributed by atoms with Crippen LogP contribution >= 0.6 is 0 Å². The highest BCUT2D eigenvalue weighted by atomic mass is 16.2. The fraction of sp³-hybridized carbons (Fsp3) is 0.227. The molecular weight excluding hydrogens is 382 g/mol. The van der Waals surface area contributed by atoms with Gasteiger partial charge in [-0.15, -0.1) is 0 Å². The van der Waals surface area contributed by atoms with E-state index in [0.29, 0.717) is 24.1 Å². The van der Waals surface area contributed by atoms with Gasteiger partial charge in [-0.25, -0.2) is 9.67 Å². The number of hydrogen-bond acceptors (Lipinski definition) is 5. The molecule has 0 spiro atoms. The molecular formula is C22H21N5O3. The Morgan fingerprint density at radius 1 is 1.00 bits per heavy atom. The number of pyridine rings is 1. The number of amides is 3. The molecule has 1 aliphatic heterocycles. The van der Waals surface area contributed by atoms with E-state index in [1.807, 2.05) is 32.0 Å². The Morgan fingerprint density at radius 2 is 1.67 bits per heavy atom. The van der Waals surface area contributed by atoms with E-state index < -0.39 is 11.8 Å². The predicted octanol–water partition coefficient (Wildman–Crippen LogP) is 1.84. The van der Waals surface area contributed by atoms with Crippen molar-refractivity contribution in [3.05, 3.63) is 76.7 Å². The fourth-order valence-electron chi connectivity index (χ4n) is 3.65. The minimum atomic E-state index is -0.436. The van der Waals surface area contributed by atoms with E-state index in [0.717, 1.165) is 27.7 Å². The summed E-state index contributed by atoms with van der Waals surface area (Å²) in [7, 11) is 0. The van der Waals surface area contributed by atoms with E-state index in [-0.39, 0.29) is 12.5 Å². The number of hydrogen-bond donors (Lipinski definition) is 1. The summed E-state index contributed by atoms with van der Waals surface area (Å²) in [6.07, 6.45) is 2.29. The molecule has 0 radical (unpaired) electrons. The van der Waals surface area contributed by atoms with Crippen molar-refractivity contribution in [1.29, 1.82) is 0 Å². The van der Waals surface area contributed by atoms with Gasteiger partial charge >= 0.3 is 0 Å². The zero-order chi connectivity index (χ0) is 21.3. The van der Waals surface area contributed by atoms with Crippen molar-refractivity contribution in [2.24, 2.45) is 0 Å². The van der Waals surface area contributed by atoms with Gasteiger partial charge in [-0.2, -0.15) is 5.10 Å². The highest BCUT2D eigenvalue weighted by Crippen LogP contribution is 2.22. The first-order valence-corrected chi connectivity index (χ1v) is 9.66. The van der Waals surface area contributed by atoms with Gasteiger partial charge < -0.3 is 5.32 Å². The average Bonchev–Trinajstić information content (AvgIpc) is 3.17. The number of carbonyl (C=O) groups excluding carboxylic acids is 3. The molecule has 4 rings (SSSR count). The highest BCUT2D eigenvalue weighted by Gasteiger charge is 2.36. The van der Waals surface area contributed by atoms with Gasteiger partial charge in [0, 0.05) is 18.4 Å². The maximum atomic E-state index is 12.4. The molecule has 0 saturated carbocycles. The third-order valence-corrected chi connectivity index (χ3v) is 5.18. The van der Waals surface area contributed by atoms with E-state index in [9.17, 15) is 14.4 Å². The van der Waals surface area contributed by atoms with Gasteiger partial charge in [0.2, 0.25) is 5.91 Å². The zero-order valence-corrected chi connectivity index (χ0v) is 16.8. The van der Waals surface area contributed by atoms with E-state index in [1.54, 1.807) is 35.1 Å². The second-order valence-corrected chi connectivity index (χ2v) is 7.09. The first kappa shape index (κ1) is 19.5. The molecule has 30 heavy (non-hydrogen) atoms. The van der Waals surface area contributed by atoms with Crippen molar-refractivity contribution in [2.45, 2.75) is 20.3 Å². The summed E-state index contributed by atoms with van der Waals surface area (Å²) in [6, 6.07) is 12.2. The maximum absolute atomic E-state index is 12.4. The summed E-state index contributed by atoms with van der Waals surface area (Å²) >= 11 is 0. The van der Waals surface area contributed by atoms with E-state index in [2.05, 4.69) is 15.4 Å². The standard InChI is InChI=1S/C22H21N5O3/c1-14-16(15(2)27(25-14)19-9-5-6-11-23-19)10-12-24-20(28)13-26-21(29)17-7-3-4-8-18(17)22(26)30/h3-9,11H,10,12-13H2,1-2H3,(H,24,28). The average molecular weight is 403 g/mol. The number of aryl methyl sites for hydroxylation is 1. The number of nitrogens with one attached hydrogen (secondary N) is 1. The number of fused-ring (bicyclic) bond motifs is 1. The van der Waals surface area contributed by atoms with Crippen LogP contribution in [0.4, 0.5) is 0 Å². The normalized spacial score (nSPS) is 12.9. The summed E-state index contributed by atoms with van der Waals surface area (Å²) in [6.45, 7) is 3.96. The molecule has 8 nitrogen and oxygen atoms in total. The quantitative estimate of drug-likeness (QED) is 0.634. The van der Waals surface area contributed by atoms with Crippen LogP contribution in [-0.2, 0) is 11.2 Å². The van der Waals surface area contributed by atoms with Crippen LogP contribution in [0.15, 0.2) is 48.7 Å². The van der Waals surface area contributed by atoms with Gasteiger partial charge in [0.25, 0.3) is 11.8 Å². The molecule has 3 aromatic rings. The highest BCUT2D eigenvalue weighted by molar-refractivity contribution is 6.22. The van der Waals surface area contributed by atoms with Crippen molar-refractivity contribution in [2.75, 3.05) is 13.1 Å². The number of rotatable bonds is 6. The molecule has 1 aromatic carbocycles. The van der Waals surface area contributed by atoms with Crippen molar-refractivity contribution in [1.82, 2.24) is 25.0 Å². The van der Waals surface area contributed by atoms with E-state index in [4.69, 9.17) is 0 Å². The second-order valence-electron chi connectivity index (χ2n) is 7.09. The number of carbonyl (C=O) groups is 3. The molecule has 152 valence electrons. The molecule has 3 heterocycles. The molecule has 0 bridgehead atoms. The van der Waals surface area contributed by atoms with Crippen LogP contribution in [0.3, 0.4) is 0 Å². The Labute approximate surface area is 173 Å². The van der Waals surface area contributed by atoms with Crippen LogP contribution in [0.2, 0.25) is 0 Å². The fourth-order valence-corrected chi connectivity index (χ4v) is 3.65. The van der Waals surface area contributed by atoms with Crippen LogP contribution < -0.4 is 5.32 Å². The lowest BCUT2D eigenvalue weighted by molar-refractivity contribution is -0.121. The first-order chi connectivity index (χ1) is 14.5. The van der Waals surface area contributed by atoms with Crippen molar-refractivity contribution in [3.8, 4) is 5.82 Å². The Balaban J connectivity index is 1.37. The lowest BCUT2D eigenvalue weighted by atomic mass is 10.1.